The van der Waals surface area contributed by atoms with E-state index in [2.05, 4.69) is 0 Å². The summed E-state index contributed by atoms with van der Waals surface area (Å²) >= 11 is 0. The Kier molecular flexibility index (Phi) is 6.20. The number of carbonyl (C=O) groups excluding carboxylic acids is 2. The fourth-order valence-corrected chi connectivity index (χ4v) is 1.60. The van der Waals surface area contributed by atoms with Gasteiger partial charge in [-0.25, -0.2) is 0 Å². The Morgan fingerprint density at radius 2 is 1.00 bits per heavy atom. The first-order valence-electron chi connectivity index (χ1n) is 5.44. The van der Waals surface area contributed by atoms with Crippen LogP contribution in [0.4, 0.5) is 0 Å². The Morgan fingerprint density at radius 3 is 1.33 bits per heavy atom. The van der Waals surface area contributed by atoms with Crippen molar-refractivity contribution in [1.29, 1.82) is 0 Å². The fraction of sp³-hybridized carbons (Fsp3) is 0.0667. The van der Waals surface area contributed by atoms with Crippen molar-refractivity contribution in [2.75, 3.05) is 0 Å². The third-order valence-corrected chi connectivity index (χ3v) is 2.51. The monoisotopic (exact) mass is 363 g/mol. The van der Waals surface area contributed by atoms with E-state index in [0.717, 1.165) is 0 Å². The van der Waals surface area contributed by atoms with Gasteiger partial charge in [0.25, 0.3) is 0 Å². The molecule has 2 nitrogen and oxygen atoms in total. The number of ketones is 2. The van der Waals surface area contributed by atoms with Crippen molar-refractivity contribution in [3.8, 4) is 0 Å². The number of rotatable bonds is 4. The maximum absolute atomic E-state index is 11.8. The SMILES string of the molecule is O=C(CC(=O)c1ccccc1)c1ccccc1.[La]. The van der Waals surface area contributed by atoms with Gasteiger partial charge >= 0.3 is 0 Å². The minimum absolute atomic E-state index is 0. The molecule has 2 rings (SSSR count). The van der Waals surface area contributed by atoms with Gasteiger partial charge in [0.1, 0.15) is 0 Å². The van der Waals surface area contributed by atoms with Crippen LogP contribution >= 0.6 is 0 Å². The molecule has 0 fully saturated rings. The van der Waals surface area contributed by atoms with Crippen molar-refractivity contribution in [2.45, 2.75) is 6.42 Å². The largest absolute Gasteiger partial charge is 0.294 e. The zero-order valence-corrected chi connectivity index (χ0v) is 13.5. The van der Waals surface area contributed by atoms with Gasteiger partial charge in [-0.15, -0.1) is 0 Å². The molecule has 0 N–H and O–H groups in total. The molecule has 0 amide bonds. The Labute approximate surface area is 134 Å². The van der Waals surface area contributed by atoms with E-state index < -0.39 is 0 Å². The standard InChI is InChI=1S/C15H12O2.La/c16-14(12-7-3-1-4-8-12)11-15(17)13-9-5-2-6-10-13;/h1-10H,11H2;. The summed E-state index contributed by atoms with van der Waals surface area (Å²) in [5.41, 5.74) is 1.16. The average Bonchev–Trinajstić information content (AvgIpc) is 2.40. The van der Waals surface area contributed by atoms with Gasteiger partial charge < -0.3 is 0 Å². The summed E-state index contributed by atoms with van der Waals surface area (Å²) in [6.45, 7) is 0. The van der Waals surface area contributed by atoms with Crippen molar-refractivity contribution >= 4 is 11.6 Å². The van der Waals surface area contributed by atoms with Gasteiger partial charge in [-0.2, -0.15) is 0 Å². The fourth-order valence-electron chi connectivity index (χ4n) is 1.60. The van der Waals surface area contributed by atoms with Gasteiger partial charge in [-0.3, -0.25) is 9.59 Å². The molecule has 0 unspecified atom stereocenters. The molecule has 0 aliphatic rings. The zero-order chi connectivity index (χ0) is 12.1. The van der Waals surface area contributed by atoms with E-state index in [4.69, 9.17) is 0 Å². The number of benzene rings is 2. The predicted octanol–water partition coefficient (Wildman–Crippen LogP) is 3.14. The van der Waals surface area contributed by atoms with Gasteiger partial charge in [-0.1, -0.05) is 60.7 Å². The van der Waals surface area contributed by atoms with Crippen LogP contribution in [0.3, 0.4) is 0 Å². The molecule has 0 atom stereocenters. The third-order valence-electron chi connectivity index (χ3n) is 2.51. The summed E-state index contributed by atoms with van der Waals surface area (Å²) in [6, 6.07) is 17.7. The second kappa shape index (κ2) is 7.42. The van der Waals surface area contributed by atoms with Crippen LogP contribution in [-0.4, -0.2) is 11.6 Å². The molecule has 87 valence electrons. The van der Waals surface area contributed by atoms with E-state index in [0.29, 0.717) is 11.1 Å². The number of Topliss-reactive ketones (excluding diaryl/α,β-unsaturated/α-hetero) is 2. The van der Waals surface area contributed by atoms with Crippen LogP contribution in [0.25, 0.3) is 0 Å². The second-order valence-electron chi connectivity index (χ2n) is 3.76. The van der Waals surface area contributed by atoms with Crippen molar-refractivity contribution in [1.82, 2.24) is 0 Å². The van der Waals surface area contributed by atoms with E-state index in [-0.39, 0.29) is 53.6 Å². The van der Waals surface area contributed by atoms with Crippen LogP contribution in [-0.2, 0) is 0 Å². The molecule has 0 aliphatic heterocycles. The maximum Gasteiger partial charge on any atom is 0.170 e. The van der Waals surface area contributed by atoms with Crippen LogP contribution in [0.15, 0.2) is 60.7 Å². The molecule has 1 radical (unpaired) electrons. The Hall–Kier alpha value is -1.03. The molecule has 0 bridgehead atoms. The Morgan fingerprint density at radius 1 is 0.667 bits per heavy atom. The van der Waals surface area contributed by atoms with E-state index in [1.54, 1.807) is 48.5 Å². The summed E-state index contributed by atoms with van der Waals surface area (Å²) in [6.07, 6.45) is -0.0754. The first kappa shape index (κ1) is 15.0. The van der Waals surface area contributed by atoms with Gasteiger partial charge in [-0.05, 0) is 0 Å². The zero-order valence-electron chi connectivity index (χ0n) is 9.87. The summed E-state index contributed by atoms with van der Waals surface area (Å²) in [4.78, 5) is 23.6. The molecule has 2 aromatic rings. The van der Waals surface area contributed by atoms with Gasteiger partial charge in [0, 0.05) is 46.7 Å². The van der Waals surface area contributed by atoms with E-state index >= 15 is 0 Å². The second-order valence-corrected chi connectivity index (χ2v) is 3.76. The quantitative estimate of drug-likeness (QED) is 0.618. The van der Waals surface area contributed by atoms with Crippen molar-refractivity contribution in [3.05, 3.63) is 71.8 Å². The topological polar surface area (TPSA) is 34.1 Å². The molecule has 0 spiro atoms. The first-order valence-corrected chi connectivity index (χ1v) is 5.44. The van der Waals surface area contributed by atoms with Crippen LogP contribution in [0, 0.1) is 35.6 Å². The van der Waals surface area contributed by atoms with E-state index in [1.165, 1.54) is 0 Å². The van der Waals surface area contributed by atoms with Gasteiger partial charge in [0.05, 0.1) is 6.42 Å². The number of hydrogen-bond acceptors (Lipinski definition) is 2. The van der Waals surface area contributed by atoms with Crippen LogP contribution in [0.5, 0.6) is 0 Å². The molecule has 0 aromatic heterocycles. The predicted molar refractivity (Wildman–Crippen MR) is 66.2 cm³/mol. The summed E-state index contributed by atoms with van der Waals surface area (Å²) < 4.78 is 0. The van der Waals surface area contributed by atoms with Crippen molar-refractivity contribution in [3.63, 3.8) is 0 Å². The Bertz CT molecular complexity index is 471. The van der Waals surface area contributed by atoms with Crippen molar-refractivity contribution < 1.29 is 45.2 Å². The minimum Gasteiger partial charge on any atom is -0.294 e. The number of carbonyl (C=O) groups is 2. The third kappa shape index (κ3) is 4.02. The molecule has 18 heavy (non-hydrogen) atoms. The summed E-state index contributed by atoms with van der Waals surface area (Å²) in [5, 5.41) is 0. The van der Waals surface area contributed by atoms with Crippen LogP contribution in [0.2, 0.25) is 0 Å². The van der Waals surface area contributed by atoms with E-state index in [1.807, 2.05) is 12.1 Å². The minimum atomic E-state index is -0.139. The normalized spacial score (nSPS) is 9.33. The average molecular weight is 363 g/mol. The molecule has 0 heterocycles. The Balaban J connectivity index is 0.00000162. The number of hydrogen-bond donors (Lipinski definition) is 0. The van der Waals surface area contributed by atoms with Crippen LogP contribution < -0.4 is 0 Å². The summed E-state index contributed by atoms with van der Waals surface area (Å²) in [7, 11) is 0. The van der Waals surface area contributed by atoms with Gasteiger partial charge in [0.15, 0.2) is 11.6 Å². The molecular weight excluding hydrogens is 351 g/mol. The summed E-state index contributed by atoms with van der Waals surface area (Å²) in [5.74, 6) is -0.279. The van der Waals surface area contributed by atoms with Gasteiger partial charge in [0.2, 0.25) is 0 Å². The van der Waals surface area contributed by atoms with Crippen LogP contribution in [0.1, 0.15) is 27.1 Å². The van der Waals surface area contributed by atoms with E-state index in [9.17, 15) is 9.59 Å². The molecule has 0 saturated carbocycles. The molecule has 3 heteroatoms. The molecule has 0 aliphatic carbocycles. The maximum atomic E-state index is 11.8. The molecule has 2 aromatic carbocycles. The molecular formula is C15H12LaO2. The first-order chi connectivity index (χ1) is 8.27. The molecule has 0 saturated heterocycles. The van der Waals surface area contributed by atoms with Crippen molar-refractivity contribution in [2.24, 2.45) is 0 Å². The smallest absolute Gasteiger partial charge is 0.170 e.